The maximum absolute atomic E-state index is 6.17. The minimum atomic E-state index is 0.396. The molecule has 0 bridgehead atoms. The molecule has 1 aromatic heterocycles. The van der Waals surface area contributed by atoms with Crippen molar-refractivity contribution in [3.8, 4) is 0 Å². The van der Waals surface area contributed by atoms with Gasteiger partial charge in [-0.05, 0) is 18.1 Å². The predicted octanol–water partition coefficient (Wildman–Crippen LogP) is 4.05. The van der Waals surface area contributed by atoms with Crippen LogP contribution in [0.2, 0.25) is 5.02 Å². The monoisotopic (exact) mass is 234 g/mol. The number of aromatic nitrogens is 1. The van der Waals surface area contributed by atoms with Crippen molar-refractivity contribution >= 4 is 28.2 Å². The number of fused-ring (bicyclic) bond motifs is 1. The number of anilines is 1. The fraction of sp³-hybridized carbons (Fsp3) is 0.308. The van der Waals surface area contributed by atoms with Crippen LogP contribution in [0.25, 0.3) is 10.9 Å². The molecule has 84 valence electrons. The van der Waals surface area contributed by atoms with Gasteiger partial charge in [0.2, 0.25) is 0 Å². The molecule has 0 atom stereocenters. The van der Waals surface area contributed by atoms with Crippen molar-refractivity contribution < 1.29 is 0 Å². The van der Waals surface area contributed by atoms with Crippen molar-refractivity contribution in [1.82, 2.24) is 4.98 Å². The van der Waals surface area contributed by atoms with E-state index in [-0.39, 0.29) is 0 Å². The first kappa shape index (κ1) is 11.2. The second-order valence-corrected chi connectivity index (χ2v) is 4.54. The summed E-state index contributed by atoms with van der Waals surface area (Å²) in [6.07, 6.45) is 0. The normalized spacial score (nSPS) is 11.1. The number of halogens is 1. The highest BCUT2D eigenvalue weighted by Crippen LogP contribution is 2.30. The molecule has 0 fully saturated rings. The van der Waals surface area contributed by atoms with Crippen molar-refractivity contribution in [2.24, 2.45) is 0 Å². The van der Waals surface area contributed by atoms with Gasteiger partial charge >= 0.3 is 0 Å². The Morgan fingerprint density at radius 2 is 2.06 bits per heavy atom. The standard InChI is InChI=1S/C13H15ClN2/c1-8(2)11-7-12(15-3)9-5-4-6-10(14)13(9)16-11/h4-8H,1-3H3,(H,15,16). The number of pyridine rings is 1. The van der Waals surface area contributed by atoms with Crippen molar-refractivity contribution in [1.29, 1.82) is 0 Å². The summed E-state index contributed by atoms with van der Waals surface area (Å²) in [5.74, 6) is 0.396. The van der Waals surface area contributed by atoms with E-state index < -0.39 is 0 Å². The van der Waals surface area contributed by atoms with Crippen LogP contribution in [0.15, 0.2) is 24.3 Å². The molecule has 2 rings (SSSR count). The van der Waals surface area contributed by atoms with Gasteiger partial charge in [-0.2, -0.15) is 0 Å². The van der Waals surface area contributed by atoms with Gasteiger partial charge in [0.15, 0.2) is 0 Å². The second-order valence-electron chi connectivity index (χ2n) is 4.14. The predicted molar refractivity (Wildman–Crippen MR) is 70.4 cm³/mol. The lowest BCUT2D eigenvalue weighted by molar-refractivity contribution is 0.830. The van der Waals surface area contributed by atoms with E-state index in [0.717, 1.165) is 22.3 Å². The lowest BCUT2D eigenvalue weighted by Gasteiger charge is -2.11. The molecule has 0 aliphatic carbocycles. The quantitative estimate of drug-likeness (QED) is 0.848. The van der Waals surface area contributed by atoms with E-state index in [1.54, 1.807) is 0 Å². The van der Waals surface area contributed by atoms with Gasteiger partial charge in [-0.3, -0.25) is 4.98 Å². The Hall–Kier alpha value is -1.28. The third kappa shape index (κ3) is 1.85. The Kier molecular flexibility index (Phi) is 3.01. The summed E-state index contributed by atoms with van der Waals surface area (Å²) in [7, 11) is 1.92. The van der Waals surface area contributed by atoms with Crippen LogP contribution < -0.4 is 5.32 Å². The molecule has 0 aliphatic heterocycles. The summed E-state index contributed by atoms with van der Waals surface area (Å²) in [5, 5.41) is 4.97. The SMILES string of the molecule is CNc1cc(C(C)C)nc2c(Cl)cccc12. The Bertz CT molecular complexity index is 521. The number of hydrogen-bond donors (Lipinski definition) is 1. The summed E-state index contributed by atoms with van der Waals surface area (Å²) >= 11 is 6.17. The van der Waals surface area contributed by atoms with Gasteiger partial charge in [0.25, 0.3) is 0 Å². The first-order valence-corrected chi connectivity index (χ1v) is 5.78. The third-order valence-corrected chi connectivity index (χ3v) is 2.98. The fourth-order valence-corrected chi connectivity index (χ4v) is 1.95. The molecule has 0 amide bonds. The van der Waals surface area contributed by atoms with E-state index in [1.165, 1.54) is 0 Å². The van der Waals surface area contributed by atoms with Crippen LogP contribution in [0.5, 0.6) is 0 Å². The molecule has 16 heavy (non-hydrogen) atoms. The van der Waals surface area contributed by atoms with Gasteiger partial charge in [0.1, 0.15) is 0 Å². The maximum atomic E-state index is 6.17. The zero-order valence-electron chi connectivity index (χ0n) is 9.71. The van der Waals surface area contributed by atoms with Crippen LogP contribution in [0.1, 0.15) is 25.5 Å². The van der Waals surface area contributed by atoms with Crippen LogP contribution in [0.3, 0.4) is 0 Å². The maximum Gasteiger partial charge on any atom is 0.0912 e. The molecule has 0 radical (unpaired) electrons. The van der Waals surface area contributed by atoms with Crippen molar-refractivity contribution in [2.75, 3.05) is 12.4 Å². The smallest absolute Gasteiger partial charge is 0.0912 e. The highest BCUT2D eigenvalue weighted by atomic mass is 35.5. The van der Waals surface area contributed by atoms with Crippen LogP contribution >= 0.6 is 11.6 Å². The van der Waals surface area contributed by atoms with Gasteiger partial charge in [-0.25, -0.2) is 0 Å². The molecule has 0 saturated heterocycles. The Morgan fingerprint density at radius 1 is 1.31 bits per heavy atom. The molecular formula is C13H15ClN2. The number of para-hydroxylation sites is 1. The first-order chi connectivity index (χ1) is 7.63. The Labute approximate surface area is 101 Å². The molecule has 2 nitrogen and oxygen atoms in total. The molecule has 2 aromatic rings. The number of hydrogen-bond acceptors (Lipinski definition) is 2. The minimum absolute atomic E-state index is 0.396. The van der Waals surface area contributed by atoms with Gasteiger partial charge in [0.05, 0.1) is 10.5 Å². The van der Waals surface area contributed by atoms with Crippen LogP contribution in [-0.4, -0.2) is 12.0 Å². The highest BCUT2D eigenvalue weighted by molar-refractivity contribution is 6.35. The number of nitrogens with one attached hydrogen (secondary N) is 1. The molecule has 0 unspecified atom stereocenters. The number of benzene rings is 1. The highest BCUT2D eigenvalue weighted by Gasteiger charge is 2.09. The molecule has 0 saturated carbocycles. The Morgan fingerprint density at radius 3 is 2.69 bits per heavy atom. The van der Waals surface area contributed by atoms with E-state index >= 15 is 0 Å². The molecule has 1 N–H and O–H groups in total. The summed E-state index contributed by atoms with van der Waals surface area (Å²) in [4.78, 5) is 4.61. The van der Waals surface area contributed by atoms with Crippen molar-refractivity contribution in [2.45, 2.75) is 19.8 Å². The zero-order chi connectivity index (χ0) is 11.7. The van der Waals surface area contributed by atoms with Crippen molar-refractivity contribution in [3.63, 3.8) is 0 Å². The van der Waals surface area contributed by atoms with E-state index in [4.69, 9.17) is 11.6 Å². The lowest BCUT2D eigenvalue weighted by atomic mass is 10.1. The first-order valence-electron chi connectivity index (χ1n) is 5.40. The van der Waals surface area contributed by atoms with Gasteiger partial charge in [0, 0.05) is 23.8 Å². The van der Waals surface area contributed by atoms with Crippen LogP contribution in [-0.2, 0) is 0 Å². The third-order valence-electron chi connectivity index (χ3n) is 2.67. The van der Waals surface area contributed by atoms with Crippen LogP contribution in [0.4, 0.5) is 5.69 Å². The summed E-state index contributed by atoms with van der Waals surface area (Å²) < 4.78 is 0. The zero-order valence-corrected chi connectivity index (χ0v) is 10.5. The van der Waals surface area contributed by atoms with Crippen LogP contribution in [0, 0.1) is 0 Å². The number of nitrogens with zero attached hydrogens (tertiary/aromatic N) is 1. The summed E-state index contributed by atoms with van der Waals surface area (Å²) in [5.41, 5.74) is 3.01. The van der Waals surface area contributed by atoms with E-state index in [0.29, 0.717) is 10.9 Å². The van der Waals surface area contributed by atoms with E-state index in [9.17, 15) is 0 Å². The Balaban J connectivity index is 2.79. The largest absolute Gasteiger partial charge is 0.388 e. The molecule has 0 aliphatic rings. The molecule has 0 spiro atoms. The average Bonchev–Trinajstić information content (AvgIpc) is 2.28. The molecule has 1 heterocycles. The van der Waals surface area contributed by atoms with Crippen molar-refractivity contribution in [3.05, 3.63) is 35.0 Å². The topological polar surface area (TPSA) is 24.9 Å². The van der Waals surface area contributed by atoms with Gasteiger partial charge < -0.3 is 5.32 Å². The number of rotatable bonds is 2. The molecular weight excluding hydrogens is 220 g/mol. The molecule has 1 aromatic carbocycles. The van der Waals surface area contributed by atoms with E-state index in [2.05, 4.69) is 30.2 Å². The second kappa shape index (κ2) is 4.30. The lowest BCUT2D eigenvalue weighted by Crippen LogP contribution is -1.98. The summed E-state index contributed by atoms with van der Waals surface area (Å²) in [6.45, 7) is 4.26. The van der Waals surface area contributed by atoms with Gasteiger partial charge in [-0.1, -0.05) is 37.6 Å². The van der Waals surface area contributed by atoms with E-state index in [1.807, 2.05) is 25.2 Å². The van der Waals surface area contributed by atoms with Gasteiger partial charge in [-0.15, -0.1) is 0 Å². The minimum Gasteiger partial charge on any atom is -0.388 e. The average molecular weight is 235 g/mol. The molecule has 3 heteroatoms. The summed E-state index contributed by atoms with van der Waals surface area (Å²) in [6, 6.07) is 7.94. The fourth-order valence-electron chi connectivity index (χ4n) is 1.74.